The number of fused-ring (bicyclic) bond motifs is 5. The third kappa shape index (κ3) is 4.87. The lowest BCUT2D eigenvalue weighted by Crippen LogP contribution is -2.54. The maximum atomic E-state index is 13.4. The molecular formula is C27H39F3O5. The monoisotopic (exact) mass is 500 g/mol. The Morgan fingerprint density at radius 1 is 0.886 bits per heavy atom. The van der Waals surface area contributed by atoms with Gasteiger partial charge in [0.15, 0.2) is 0 Å². The normalized spacial score (nSPS) is 41.7. The summed E-state index contributed by atoms with van der Waals surface area (Å²) in [6.07, 6.45) is 0.365. The van der Waals surface area contributed by atoms with E-state index in [1.165, 1.54) is 6.92 Å². The average Bonchev–Trinajstić information content (AvgIpc) is 3.09. The Morgan fingerprint density at radius 2 is 1.54 bits per heavy atom. The molecule has 0 spiro atoms. The molecule has 0 amide bonds. The molecule has 4 saturated carbocycles. The summed E-state index contributed by atoms with van der Waals surface area (Å²) < 4.78 is 50.3. The summed E-state index contributed by atoms with van der Waals surface area (Å²) in [5.74, 6) is -0.217. The first kappa shape index (κ1) is 26.5. The topological polar surface area (TPSA) is 69.7 Å². The number of hydrogen-bond donors (Lipinski definition) is 0. The van der Waals surface area contributed by atoms with Crippen molar-refractivity contribution in [2.45, 2.75) is 110 Å². The SMILES string of the molecule is CC(=O)OC1CCC2(C)C(CCC3C2CCC2(C)C(C(=O)CC(OC(C)=O)C(F)(F)F)CCC32)C1. The van der Waals surface area contributed by atoms with Crippen molar-refractivity contribution in [2.75, 3.05) is 0 Å². The molecule has 0 aliphatic heterocycles. The fourth-order valence-corrected chi connectivity index (χ4v) is 8.84. The molecule has 198 valence electrons. The van der Waals surface area contributed by atoms with Crippen molar-refractivity contribution >= 4 is 17.7 Å². The zero-order valence-corrected chi connectivity index (χ0v) is 21.3. The van der Waals surface area contributed by atoms with Crippen LogP contribution in [0, 0.1) is 40.4 Å². The Bertz CT molecular complexity index is 856. The van der Waals surface area contributed by atoms with Gasteiger partial charge in [0, 0.05) is 19.8 Å². The number of ketones is 1. The van der Waals surface area contributed by atoms with E-state index in [2.05, 4.69) is 18.6 Å². The third-order valence-electron chi connectivity index (χ3n) is 10.4. The Morgan fingerprint density at radius 3 is 2.17 bits per heavy atom. The number of Topliss-reactive ketones (excluding diaryl/α,β-unsaturated/α-hetero) is 1. The van der Waals surface area contributed by atoms with Crippen molar-refractivity contribution in [3.05, 3.63) is 0 Å². The Balaban J connectivity index is 1.47. The zero-order valence-electron chi connectivity index (χ0n) is 21.3. The molecule has 8 heteroatoms. The van der Waals surface area contributed by atoms with Crippen LogP contribution < -0.4 is 0 Å². The summed E-state index contributed by atoms with van der Waals surface area (Å²) in [5.41, 5.74) is -0.123. The highest BCUT2D eigenvalue weighted by Crippen LogP contribution is 2.67. The van der Waals surface area contributed by atoms with Crippen LogP contribution in [0.5, 0.6) is 0 Å². The number of hydrogen-bond acceptors (Lipinski definition) is 5. The van der Waals surface area contributed by atoms with Crippen LogP contribution in [0.2, 0.25) is 0 Å². The molecule has 0 aromatic heterocycles. The maximum absolute atomic E-state index is 13.4. The van der Waals surface area contributed by atoms with E-state index in [0.717, 1.165) is 58.3 Å². The van der Waals surface area contributed by atoms with Crippen LogP contribution in [0.15, 0.2) is 0 Å². The zero-order chi connectivity index (χ0) is 25.8. The summed E-state index contributed by atoms with van der Waals surface area (Å²) >= 11 is 0. The largest absolute Gasteiger partial charge is 0.463 e. The predicted molar refractivity (Wildman–Crippen MR) is 122 cm³/mol. The van der Waals surface area contributed by atoms with E-state index in [1.807, 2.05) is 0 Å². The lowest BCUT2D eigenvalue weighted by molar-refractivity contribution is -0.221. The lowest BCUT2D eigenvalue weighted by Gasteiger charge is -2.61. The summed E-state index contributed by atoms with van der Waals surface area (Å²) in [4.78, 5) is 35.9. The summed E-state index contributed by atoms with van der Waals surface area (Å²) in [6.45, 7) is 6.91. The molecular weight excluding hydrogens is 461 g/mol. The van der Waals surface area contributed by atoms with Crippen molar-refractivity contribution in [1.29, 1.82) is 0 Å². The molecule has 4 fully saturated rings. The number of halogens is 3. The van der Waals surface area contributed by atoms with Crippen LogP contribution in [0.25, 0.3) is 0 Å². The molecule has 9 unspecified atom stereocenters. The van der Waals surface area contributed by atoms with Gasteiger partial charge in [-0.05, 0) is 92.3 Å². The van der Waals surface area contributed by atoms with Crippen LogP contribution >= 0.6 is 0 Å². The predicted octanol–water partition coefficient (Wildman–Crippen LogP) is 6.03. The quantitative estimate of drug-likeness (QED) is 0.431. The van der Waals surface area contributed by atoms with Crippen molar-refractivity contribution in [3.8, 4) is 0 Å². The number of esters is 2. The smallest absolute Gasteiger partial charge is 0.425 e. The van der Waals surface area contributed by atoms with E-state index in [0.29, 0.717) is 30.1 Å². The summed E-state index contributed by atoms with van der Waals surface area (Å²) in [5, 5.41) is 0. The van der Waals surface area contributed by atoms with Crippen molar-refractivity contribution in [1.82, 2.24) is 0 Å². The highest BCUT2D eigenvalue weighted by molar-refractivity contribution is 5.83. The van der Waals surface area contributed by atoms with Gasteiger partial charge in [0.1, 0.15) is 11.9 Å². The first-order chi connectivity index (χ1) is 16.3. The van der Waals surface area contributed by atoms with Crippen molar-refractivity contribution in [3.63, 3.8) is 0 Å². The van der Waals surface area contributed by atoms with E-state index < -0.39 is 36.4 Å². The van der Waals surface area contributed by atoms with Gasteiger partial charge in [0.05, 0.1) is 6.42 Å². The summed E-state index contributed by atoms with van der Waals surface area (Å²) in [7, 11) is 0. The minimum absolute atomic E-state index is 0.00302. The van der Waals surface area contributed by atoms with Gasteiger partial charge in [-0.25, -0.2) is 0 Å². The molecule has 4 aliphatic rings. The Kier molecular flexibility index (Phi) is 7.08. The van der Waals surface area contributed by atoms with Gasteiger partial charge in [0.25, 0.3) is 0 Å². The van der Waals surface area contributed by atoms with E-state index in [9.17, 15) is 27.6 Å². The summed E-state index contributed by atoms with van der Waals surface area (Å²) in [6, 6.07) is 0. The number of carbonyl (C=O) groups is 3. The van der Waals surface area contributed by atoms with Crippen LogP contribution in [0.3, 0.4) is 0 Å². The second-order valence-electron chi connectivity index (χ2n) is 12.1. The van der Waals surface area contributed by atoms with E-state index in [4.69, 9.17) is 4.74 Å². The van der Waals surface area contributed by atoms with Gasteiger partial charge in [-0.3, -0.25) is 14.4 Å². The number of ether oxygens (including phenoxy) is 2. The molecule has 0 bridgehead atoms. The molecule has 0 radical (unpaired) electrons. The fourth-order valence-electron chi connectivity index (χ4n) is 8.84. The van der Waals surface area contributed by atoms with Gasteiger partial charge in [-0.1, -0.05) is 13.8 Å². The molecule has 4 aliphatic carbocycles. The first-order valence-electron chi connectivity index (χ1n) is 13.2. The van der Waals surface area contributed by atoms with E-state index in [1.54, 1.807) is 0 Å². The molecule has 4 rings (SSSR count). The number of rotatable bonds is 5. The molecule has 9 atom stereocenters. The Labute approximate surface area is 205 Å². The van der Waals surface area contributed by atoms with E-state index >= 15 is 0 Å². The van der Waals surface area contributed by atoms with Gasteiger partial charge in [0.2, 0.25) is 6.10 Å². The molecule has 0 N–H and O–H groups in total. The maximum Gasteiger partial charge on any atom is 0.425 e. The first-order valence-corrected chi connectivity index (χ1v) is 13.2. The number of alkyl halides is 3. The standard InChI is InChI=1S/C27H39F3O5/c1-15(31)34-18-9-11-25(3)17(13-18)5-6-19-20-7-8-22(26(20,4)12-10-21(19)25)23(33)14-24(27(28,29)30)35-16(2)32/h17-22,24H,5-14H2,1-4H3. The van der Waals surface area contributed by atoms with Crippen LogP contribution in [-0.4, -0.2) is 36.1 Å². The van der Waals surface area contributed by atoms with E-state index in [-0.39, 0.29) is 22.9 Å². The molecule has 5 nitrogen and oxygen atoms in total. The molecule has 0 saturated heterocycles. The highest BCUT2D eigenvalue weighted by Gasteiger charge is 2.61. The van der Waals surface area contributed by atoms with Crippen molar-refractivity contribution < 1.29 is 37.0 Å². The Hall–Kier alpha value is -1.60. The molecule has 0 aromatic rings. The van der Waals surface area contributed by atoms with Gasteiger partial charge >= 0.3 is 18.1 Å². The van der Waals surface area contributed by atoms with Crippen LogP contribution in [-0.2, 0) is 23.9 Å². The fraction of sp³-hybridized carbons (Fsp3) is 0.889. The van der Waals surface area contributed by atoms with Crippen LogP contribution in [0.4, 0.5) is 13.2 Å². The average molecular weight is 501 g/mol. The minimum Gasteiger partial charge on any atom is -0.463 e. The second-order valence-corrected chi connectivity index (χ2v) is 12.1. The van der Waals surface area contributed by atoms with Gasteiger partial charge in [-0.15, -0.1) is 0 Å². The molecule has 0 aromatic carbocycles. The molecule has 35 heavy (non-hydrogen) atoms. The van der Waals surface area contributed by atoms with Gasteiger partial charge < -0.3 is 9.47 Å². The molecule has 0 heterocycles. The second kappa shape index (κ2) is 9.37. The van der Waals surface area contributed by atoms with Crippen LogP contribution in [0.1, 0.15) is 91.9 Å². The highest BCUT2D eigenvalue weighted by atomic mass is 19.4. The lowest BCUT2D eigenvalue weighted by atomic mass is 9.44. The van der Waals surface area contributed by atoms with Crippen molar-refractivity contribution in [2.24, 2.45) is 40.4 Å². The third-order valence-corrected chi connectivity index (χ3v) is 10.4. The number of carbonyl (C=O) groups excluding carboxylic acids is 3. The minimum atomic E-state index is -4.75. The van der Waals surface area contributed by atoms with Gasteiger partial charge in [-0.2, -0.15) is 13.2 Å².